The van der Waals surface area contributed by atoms with Crippen molar-refractivity contribution < 1.29 is 9.21 Å². The van der Waals surface area contributed by atoms with Crippen LogP contribution >= 0.6 is 0 Å². The Balaban J connectivity index is 1.44. The van der Waals surface area contributed by atoms with Crippen molar-refractivity contribution in [3.63, 3.8) is 0 Å². The van der Waals surface area contributed by atoms with Gasteiger partial charge in [-0.2, -0.15) is 0 Å². The first kappa shape index (κ1) is 18.5. The third-order valence-electron chi connectivity index (χ3n) is 6.23. The molecule has 1 aliphatic carbocycles. The normalized spacial score (nSPS) is 19.4. The number of nitrogens with zero attached hydrogens (tertiary/aromatic N) is 2. The summed E-state index contributed by atoms with van der Waals surface area (Å²) in [5.74, 6) is 1.21. The third kappa shape index (κ3) is 4.73. The number of carbonyl (C=O) groups excluding carboxylic acids is 1. The number of rotatable bonds is 6. The summed E-state index contributed by atoms with van der Waals surface area (Å²) in [5, 5.41) is 1.12. The Kier molecular flexibility index (Phi) is 6.13. The Hall–Kier alpha value is -1.81. The average molecular weight is 369 g/mol. The molecule has 0 atom stereocenters. The van der Waals surface area contributed by atoms with E-state index in [4.69, 9.17) is 4.42 Å². The quantitative estimate of drug-likeness (QED) is 0.722. The van der Waals surface area contributed by atoms with Gasteiger partial charge in [0.25, 0.3) is 0 Å². The third-order valence-corrected chi connectivity index (χ3v) is 6.23. The maximum atomic E-state index is 13.2. The molecule has 1 aliphatic heterocycles. The molecule has 1 aromatic heterocycles. The molecular weight excluding hydrogens is 336 g/mol. The fourth-order valence-electron chi connectivity index (χ4n) is 4.68. The summed E-state index contributed by atoms with van der Waals surface area (Å²) in [6.45, 7) is 3.82. The monoisotopic (exact) mass is 368 g/mol. The van der Waals surface area contributed by atoms with E-state index in [0.29, 0.717) is 24.9 Å². The minimum Gasteiger partial charge on any atom is -0.459 e. The van der Waals surface area contributed by atoms with Crippen LogP contribution in [0, 0.1) is 0 Å². The van der Waals surface area contributed by atoms with Gasteiger partial charge in [-0.1, -0.05) is 43.9 Å². The molecule has 0 unspecified atom stereocenters. The lowest BCUT2D eigenvalue weighted by Crippen LogP contribution is -2.42. The zero-order valence-electron chi connectivity index (χ0n) is 16.4. The number of likely N-dealkylation sites (tertiary alicyclic amines) is 1. The van der Waals surface area contributed by atoms with Crippen LogP contribution in [0.5, 0.6) is 0 Å². The van der Waals surface area contributed by atoms with E-state index in [1.807, 2.05) is 18.2 Å². The van der Waals surface area contributed by atoms with Gasteiger partial charge in [0.1, 0.15) is 11.3 Å². The van der Waals surface area contributed by atoms with Crippen molar-refractivity contribution in [3.8, 4) is 0 Å². The van der Waals surface area contributed by atoms with Crippen molar-refractivity contribution in [2.75, 3.05) is 19.6 Å². The van der Waals surface area contributed by atoms with Gasteiger partial charge in [-0.05, 0) is 50.9 Å². The van der Waals surface area contributed by atoms with E-state index in [0.717, 1.165) is 49.2 Å². The van der Waals surface area contributed by atoms with E-state index in [-0.39, 0.29) is 0 Å². The lowest BCUT2D eigenvalue weighted by atomic mass is 9.93. The number of carbonyl (C=O) groups is 1. The van der Waals surface area contributed by atoms with Crippen LogP contribution in [0.3, 0.4) is 0 Å². The van der Waals surface area contributed by atoms with E-state index in [2.05, 4.69) is 21.9 Å². The summed E-state index contributed by atoms with van der Waals surface area (Å²) in [6, 6.07) is 10.6. The number of amides is 1. The van der Waals surface area contributed by atoms with Crippen LogP contribution in [0.4, 0.5) is 0 Å². The molecule has 4 heteroatoms. The second-order valence-corrected chi connectivity index (χ2v) is 8.22. The predicted octanol–water partition coefficient (Wildman–Crippen LogP) is 4.97. The van der Waals surface area contributed by atoms with E-state index >= 15 is 0 Å². The second kappa shape index (κ2) is 8.92. The van der Waals surface area contributed by atoms with Crippen LogP contribution in [-0.2, 0) is 11.3 Å². The number of benzene rings is 1. The highest BCUT2D eigenvalue weighted by molar-refractivity contribution is 5.79. The van der Waals surface area contributed by atoms with Gasteiger partial charge in [0.15, 0.2) is 0 Å². The largest absolute Gasteiger partial charge is 0.459 e. The van der Waals surface area contributed by atoms with Gasteiger partial charge < -0.3 is 14.2 Å². The molecule has 4 nitrogen and oxygen atoms in total. The highest BCUT2D eigenvalue weighted by Crippen LogP contribution is 2.27. The summed E-state index contributed by atoms with van der Waals surface area (Å²) in [7, 11) is 0. The van der Waals surface area contributed by atoms with Crippen LogP contribution in [-0.4, -0.2) is 41.4 Å². The molecule has 1 amide bonds. The Morgan fingerprint density at radius 2 is 1.78 bits per heavy atom. The molecule has 0 bridgehead atoms. The Bertz CT molecular complexity index is 709. The first-order valence-electron chi connectivity index (χ1n) is 10.8. The summed E-state index contributed by atoms with van der Waals surface area (Å²) in [5.41, 5.74) is 0.914. The van der Waals surface area contributed by atoms with Crippen molar-refractivity contribution in [2.24, 2.45) is 0 Å². The zero-order chi connectivity index (χ0) is 18.5. The summed E-state index contributed by atoms with van der Waals surface area (Å²) >= 11 is 0. The summed E-state index contributed by atoms with van der Waals surface area (Å²) in [4.78, 5) is 17.7. The maximum Gasteiger partial charge on any atom is 0.224 e. The number of hydrogen-bond donors (Lipinski definition) is 0. The van der Waals surface area contributed by atoms with Crippen LogP contribution < -0.4 is 0 Å². The number of para-hydroxylation sites is 1. The summed E-state index contributed by atoms with van der Waals surface area (Å²) < 4.78 is 6.03. The van der Waals surface area contributed by atoms with Gasteiger partial charge in [0.05, 0.1) is 6.54 Å². The molecule has 1 saturated carbocycles. The standard InChI is InChI=1S/C23H32N2O2/c26-23(13-16-24-14-7-2-8-15-24)25(20-10-3-1-4-11-20)18-21-17-19-9-5-6-12-22(19)27-21/h5-6,9,12,17,20H,1-4,7-8,10-11,13-16,18H2. The highest BCUT2D eigenvalue weighted by Gasteiger charge is 2.27. The topological polar surface area (TPSA) is 36.7 Å². The lowest BCUT2D eigenvalue weighted by molar-refractivity contribution is -0.135. The Labute approximate surface area is 162 Å². The highest BCUT2D eigenvalue weighted by atomic mass is 16.3. The first-order valence-corrected chi connectivity index (χ1v) is 10.8. The van der Waals surface area contributed by atoms with Crippen molar-refractivity contribution in [1.29, 1.82) is 0 Å². The van der Waals surface area contributed by atoms with Crippen molar-refractivity contribution in [2.45, 2.75) is 70.4 Å². The van der Waals surface area contributed by atoms with Gasteiger partial charge in [0.2, 0.25) is 5.91 Å². The number of hydrogen-bond acceptors (Lipinski definition) is 3. The van der Waals surface area contributed by atoms with E-state index in [1.165, 1.54) is 38.5 Å². The van der Waals surface area contributed by atoms with E-state index < -0.39 is 0 Å². The molecule has 0 N–H and O–H groups in total. The van der Waals surface area contributed by atoms with Crippen molar-refractivity contribution in [3.05, 3.63) is 36.1 Å². The second-order valence-electron chi connectivity index (χ2n) is 8.22. The van der Waals surface area contributed by atoms with Gasteiger partial charge >= 0.3 is 0 Å². The number of furan rings is 1. The fraction of sp³-hybridized carbons (Fsp3) is 0.609. The molecular formula is C23H32N2O2. The smallest absolute Gasteiger partial charge is 0.224 e. The SMILES string of the molecule is O=C(CCN1CCCCC1)N(Cc1cc2ccccc2o1)C1CCCCC1. The van der Waals surface area contributed by atoms with Crippen LogP contribution in [0.2, 0.25) is 0 Å². The molecule has 4 rings (SSSR count). The Morgan fingerprint density at radius 1 is 1.04 bits per heavy atom. The molecule has 0 radical (unpaired) electrons. The molecule has 2 heterocycles. The minimum atomic E-state index is 0.299. The van der Waals surface area contributed by atoms with Crippen LogP contribution in [0.25, 0.3) is 11.0 Å². The van der Waals surface area contributed by atoms with Gasteiger partial charge in [-0.25, -0.2) is 0 Å². The molecule has 2 aromatic rings. The number of piperidine rings is 1. The average Bonchev–Trinajstić information content (AvgIpc) is 3.14. The first-order chi connectivity index (χ1) is 13.3. The van der Waals surface area contributed by atoms with Crippen molar-refractivity contribution in [1.82, 2.24) is 9.80 Å². The van der Waals surface area contributed by atoms with Gasteiger partial charge in [-0.3, -0.25) is 4.79 Å². The maximum absolute atomic E-state index is 13.2. The molecule has 27 heavy (non-hydrogen) atoms. The Morgan fingerprint density at radius 3 is 2.56 bits per heavy atom. The zero-order valence-corrected chi connectivity index (χ0v) is 16.4. The van der Waals surface area contributed by atoms with Gasteiger partial charge in [-0.15, -0.1) is 0 Å². The van der Waals surface area contributed by atoms with E-state index in [1.54, 1.807) is 0 Å². The number of fused-ring (bicyclic) bond motifs is 1. The minimum absolute atomic E-state index is 0.299. The van der Waals surface area contributed by atoms with E-state index in [9.17, 15) is 4.79 Å². The van der Waals surface area contributed by atoms with Gasteiger partial charge in [0, 0.05) is 24.4 Å². The van der Waals surface area contributed by atoms with Crippen LogP contribution in [0.15, 0.2) is 34.7 Å². The predicted molar refractivity (Wildman–Crippen MR) is 109 cm³/mol. The molecule has 0 spiro atoms. The fourth-order valence-corrected chi connectivity index (χ4v) is 4.68. The molecule has 1 aromatic carbocycles. The van der Waals surface area contributed by atoms with Crippen molar-refractivity contribution >= 4 is 16.9 Å². The summed E-state index contributed by atoms with van der Waals surface area (Å²) in [6.07, 6.45) is 10.6. The molecule has 1 saturated heterocycles. The molecule has 2 fully saturated rings. The lowest BCUT2D eigenvalue weighted by Gasteiger charge is -2.35. The van der Waals surface area contributed by atoms with Crippen LogP contribution in [0.1, 0.15) is 63.5 Å². The molecule has 2 aliphatic rings. The molecule has 146 valence electrons.